The second-order valence-electron chi connectivity index (χ2n) is 12.5. The highest BCUT2D eigenvalue weighted by atomic mass is 32.1. The van der Waals surface area contributed by atoms with E-state index in [1.165, 1.54) is 0 Å². The molecule has 1 heterocycles. The molecule has 0 aromatic heterocycles. The summed E-state index contributed by atoms with van der Waals surface area (Å²) in [5.74, 6) is -1.29. The topological polar surface area (TPSA) is 155 Å². The fourth-order valence-electron chi connectivity index (χ4n) is 9.27. The van der Waals surface area contributed by atoms with E-state index < -0.39 is 54.6 Å². The van der Waals surface area contributed by atoms with Crippen LogP contribution in [0.5, 0.6) is 0 Å². The van der Waals surface area contributed by atoms with Gasteiger partial charge in [0.05, 0.1) is 24.2 Å². The van der Waals surface area contributed by atoms with Gasteiger partial charge in [-0.3, -0.25) is 9.83 Å². The van der Waals surface area contributed by atoms with Crippen molar-refractivity contribution in [3.63, 3.8) is 0 Å². The molecule has 1 saturated heterocycles. The van der Waals surface area contributed by atoms with Crippen LogP contribution in [0.2, 0.25) is 0 Å². The molecule has 13 atom stereocenters. The fraction of sp³-hybridized carbons (Fsp3) is 0.889. The molecule has 10 nitrogen and oxygen atoms in total. The van der Waals surface area contributed by atoms with Crippen LogP contribution in [-0.4, -0.2) is 62.3 Å². The smallest absolute Gasteiger partial charge is 0.306 e. The van der Waals surface area contributed by atoms with Crippen molar-refractivity contribution in [2.24, 2.45) is 40.4 Å². The van der Waals surface area contributed by atoms with Gasteiger partial charge >= 0.3 is 5.97 Å². The molecular formula is C27H41O10S-. The Bertz CT molecular complexity index is 886. The van der Waals surface area contributed by atoms with Gasteiger partial charge in [-0.25, -0.2) is 4.89 Å². The molecule has 1 aliphatic heterocycles. The summed E-state index contributed by atoms with van der Waals surface area (Å²) >= 11 is 2.83. The molecule has 3 N–H and O–H groups in total. The van der Waals surface area contributed by atoms with Crippen LogP contribution in [0.15, 0.2) is 12.2 Å². The van der Waals surface area contributed by atoms with Crippen molar-refractivity contribution in [1.82, 2.24) is 0 Å². The average molecular weight is 558 g/mol. The number of aliphatic hydroxyl groups excluding tert-OH is 2. The van der Waals surface area contributed by atoms with Crippen LogP contribution < -0.4 is 5.26 Å². The lowest BCUT2D eigenvalue weighted by Crippen LogP contribution is -2.61. The Kier molecular flexibility index (Phi) is 9.01. The third-order valence-corrected chi connectivity index (χ3v) is 11.0. The van der Waals surface area contributed by atoms with E-state index >= 15 is 0 Å². The number of ether oxygens (including phenoxy) is 2. The Morgan fingerprint density at radius 1 is 1.24 bits per heavy atom. The van der Waals surface area contributed by atoms with Crippen molar-refractivity contribution in [1.29, 1.82) is 0 Å². The van der Waals surface area contributed by atoms with Gasteiger partial charge in [0.1, 0.15) is 12.2 Å². The van der Waals surface area contributed by atoms with Crippen LogP contribution in [0.1, 0.15) is 72.1 Å². The molecule has 216 valence electrons. The van der Waals surface area contributed by atoms with Gasteiger partial charge in [0.2, 0.25) is 0 Å². The van der Waals surface area contributed by atoms with Crippen LogP contribution >= 0.6 is 0 Å². The Balaban J connectivity index is 0.00000164. The number of hydrogen-bond acceptors (Lipinski definition) is 10. The van der Waals surface area contributed by atoms with Crippen molar-refractivity contribution in [3.8, 4) is 0 Å². The highest BCUT2D eigenvalue weighted by Crippen LogP contribution is 2.70. The molecule has 11 heteroatoms. The standard InChI is InChI=1S/C27H42O9.OS/c1-5-19-22(35-36-32)14(3)21(28)25(34-19)33-16-10-17(24(30)31)18-8-9-27-11-15(13(2)23(27)29)6-7-20(27)26(18,4)12-16;1-2/h14-23,25,28-29,32H,2,5-12H2,1,3-4H3,(H,30,31);/p-1/t14-,15?,16?,17?,18?,19?,20?,21?,22?,23?,25?,26?,27?;/m1./s1. The van der Waals surface area contributed by atoms with Gasteiger partial charge in [-0.15, -0.1) is 0 Å². The third kappa shape index (κ3) is 4.66. The molecule has 4 aliphatic carbocycles. The van der Waals surface area contributed by atoms with E-state index in [4.69, 9.17) is 18.6 Å². The lowest BCUT2D eigenvalue weighted by Gasteiger charge is -2.62. The molecule has 5 aliphatic rings. The average Bonchev–Trinajstić information content (AvgIpc) is 3.08. The Labute approximate surface area is 229 Å². The SMILES string of the molecule is C=C1C2CCC3C4(C)CC(OC5OC(CC)C(OO[O-])[C@H](C)C5O)CC(C(=O)O)C4CCC3(C2)C1O.O=S. The maximum absolute atomic E-state index is 12.5. The molecule has 1 spiro atoms. The van der Waals surface area contributed by atoms with Crippen LogP contribution in [-0.2, 0) is 36.7 Å². The fourth-order valence-corrected chi connectivity index (χ4v) is 9.27. The van der Waals surface area contributed by atoms with Crippen molar-refractivity contribution >= 4 is 18.5 Å². The summed E-state index contributed by atoms with van der Waals surface area (Å²) in [5, 5.41) is 46.8. The summed E-state index contributed by atoms with van der Waals surface area (Å²) in [6, 6.07) is 0. The summed E-state index contributed by atoms with van der Waals surface area (Å²) in [7, 11) is 0. The van der Waals surface area contributed by atoms with Crippen molar-refractivity contribution in [2.45, 2.75) is 109 Å². The molecule has 0 aromatic rings. The molecule has 12 unspecified atom stereocenters. The van der Waals surface area contributed by atoms with Gasteiger partial charge in [-0.2, -0.15) is 4.21 Å². The Morgan fingerprint density at radius 2 is 1.95 bits per heavy atom. The number of rotatable bonds is 6. The quantitative estimate of drug-likeness (QED) is 0.190. The zero-order valence-electron chi connectivity index (χ0n) is 22.3. The zero-order chi connectivity index (χ0) is 28.0. The number of carboxylic acid groups (broad SMARTS) is 1. The maximum atomic E-state index is 12.5. The second kappa shape index (κ2) is 11.4. The number of hydrogen-bond donors (Lipinski definition) is 3. The number of carbonyl (C=O) groups is 1. The van der Waals surface area contributed by atoms with Gasteiger partial charge in [-0.1, -0.05) is 27.4 Å². The summed E-state index contributed by atoms with van der Waals surface area (Å²) in [5.41, 5.74) is 0.398. The summed E-state index contributed by atoms with van der Waals surface area (Å²) in [6.45, 7) is 10.1. The normalized spacial score (nSPS) is 49.8. The van der Waals surface area contributed by atoms with Crippen LogP contribution in [0.3, 0.4) is 0 Å². The van der Waals surface area contributed by atoms with E-state index in [2.05, 4.69) is 31.1 Å². The highest BCUT2D eigenvalue weighted by Gasteiger charge is 2.66. The molecule has 0 radical (unpaired) electrons. The summed E-state index contributed by atoms with van der Waals surface area (Å²) in [4.78, 5) is 17.3. The van der Waals surface area contributed by atoms with Gasteiger partial charge in [0, 0.05) is 11.3 Å². The molecular weight excluding hydrogens is 516 g/mol. The number of aliphatic carboxylic acids is 1. The zero-order valence-corrected chi connectivity index (χ0v) is 23.1. The third-order valence-electron chi connectivity index (χ3n) is 11.0. The van der Waals surface area contributed by atoms with Crippen molar-refractivity contribution in [3.05, 3.63) is 12.2 Å². The maximum Gasteiger partial charge on any atom is 0.306 e. The molecule has 5 fully saturated rings. The Morgan fingerprint density at radius 3 is 2.58 bits per heavy atom. The summed E-state index contributed by atoms with van der Waals surface area (Å²) < 4.78 is 20.2. The van der Waals surface area contributed by atoms with Gasteiger partial charge in [0.25, 0.3) is 0 Å². The molecule has 5 rings (SSSR count). The Hall–Kier alpha value is -1.05. The minimum absolute atomic E-state index is 0.00888. The first kappa shape index (κ1) is 29.9. The largest absolute Gasteiger partial charge is 0.692 e. The van der Waals surface area contributed by atoms with Gasteiger partial charge in [0.15, 0.2) is 18.8 Å². The lowest BCUT2D eigenvalue weighted by molar-refractivity contribution is -0.807. The van der Waals surface area contributed by atoms with Crippen molar-refractivity contribution < 1.29 is 49.0 Å². The minimum Gasteiger partial charge on any atom is -0.692 e. The number of aliphatic hydroxyl groups is 2. The molecule has 4 saturated carbocycles. The van der Waals surface area contributed by atoms with Crippen LogP contribution in [0.25, 0.3) is 0 Å². The highest BCUT2D eigenvalue weighted by molar-refractivity contribution is 7.44. The van der Waals surface area contributed by atoms with E-state index in [9.17, 15) is 25.4 Å². The first-order valence-electron chi connectivity index (χ1n) is 13.8. The van der Waals surface area contributed by atoms with Crippen molar-refractivity contribution in [2.75, 3.05) is 0 Å². The molecule has 0 aromatic carbocycles. The number of carboxylic acids is 1. The predicted molar refractivity (Wildman–Crippen MR) is 133 cm³/mol. The van der Waals surface area contributed by atoms with E-state index in [-0.39, 0.29) is 22.7 Å². The molecule has 38 heavy (non-hydrogen) atoms. The van der Waals surface area contributed by atoms with E-state index in [1.54, 1.807) is 6.92 Å². The minimum atomic E-state index is -1.06. The van der Waals surface area contributed by atoms with Crippen LogP contribution in [0, 0.1) is 40.4 Å². The van der Waals surface area contributed by atoms with E-state index in [0.717, 1.165) is 37.7 Å². The van der Waals surface area contributed by atoms with E-state index in [0.29, 0.717) is 25.2 Å². The predicted octanol–water partition coefficient (Wildman–Crippen LogP) is 2.00. The second-order valence-corrected chi connectivity index (χ2v) is 12.5. The van der Waals surface area contributed by atoms with Crippen LogP contribution in [0.4, 0.5) is 0 Å². The first-order valence-corrected chi connectivity index (χ1v) is 14.1. The monoisotopic (exact) mass is 557 g/mol. The van der Waals surface area contributed by atoms with E-state index in [1.807, 2.05) is 6.92 Å². The first-order chi connectivity index (χ1) is 18.1. The lowest BCUT2D eigenvalue weighted by atomic mass is 9.43. The van der Waals surface area contributed by atoms with Gasteiger partial charge < -0.3 is 30.1 Å². The van der Waals surface area contributed by atoms with Gasteiger partial charge in [-0.05, 0) is 80.1 Å². The summed E-state index contributed by atoms with van der Waals surface area (Å²) in [6.07, 6.45) is 1.83. The molecule has 2 bridgehead atoms. The molecule has 0 amide bonds. The number of fused-ring (bicyclic) bond motifs is 3.